The Morgan fingerprint density at radius 1 is 1.60 bits per heavy atom. The molecule has 4 N–H and O–H groups in total. The summed E-state index contributed by atoms with van der Waals surface area (Å²) in [6.07, 6.45) is 1.12. The number of nitrogens with one attached hydrogen (secondary N) is 1. The van der Waals surface area contributed by atoms with Crippen LogP contribution >= 0.6 is 0 Å². The summed E-state index contributed by atoms with van der Waals surface area (Å²) in [5, 5.41) is 11.6. The van der Waals surface area contributed by atoms with Crippen LogP contribution in [0.4, 0.5) is 0 Å². The monoisotopic (exact) mass is 216 g/mol. The molecule has 1 atom stereocenters. The second-order valence-electron chi connectivity index (χ2n) is 4.27. The summed E-state index contributed by atoms with van der Waals surface area (Å²) < 4.78 is 5.16. The lowest BCUT2D eigenvalue weighted by atomic mass is 9.90. The van der Waals surface area contributed by atoms with Gasteiger partial charge in [-0.05, 0) is 18.8 Å². The highest BCUT2D eigenvalue weighted by Gasteiger charge is 2.35. The summed E-state index contributed by atoms with van der Waals surface area (Å²) in [5.41, 5.74) is 5.19. The van der Waals surface area contributed by atoms with Gasteiger partial charge in [0.25, 0.3) is 0 Å². The SMILES string of the molecule is CC(CO)CNC(=O)C1(N)CCOCC1. The predicted molar refractivity (Wildman–Crippen MR) is 56.2 cm³/mol. The zero-order valence-corrected chi connectivity index (χ0v) is 9.16. The maximum Gasteiger partial charge on any atom is 0.240 e. The van der Waals surface area contributed by atoms with Gasteiger partial charge in [-0.15, -0.1) is 0 Å². The zero-order valence-electron chi connectivity index (χ0n) is 9.16. The summed E-state index contributed by atoms with van der Waals surface area (Å²) in [6.45, 7) is 3.49. The third kappa shape index (κ3) is 3.44. The Morgan fingerprint density at radius 3 is 2.73 bits per heavy atom. The van der Waals surface area contributed by atoms with Crippen LogP contribution in [0.5, 0.6) is 0 Å². The maximum atomic E-state index is 11.8. The molecule has 5 heteroatoms. The molecule has 0 aromatic heterocycles. The fourth-order valence-corrected chi connectivity index (χ4v) is 1.47. The maximum absolute atomic E-state index is 11.8. The van der Waals surface area contributed by atoms with Crippen molar-refractivity contribution in [3.05, 3.63) is 0 Å². The highest BCUT2D eigenvalue weighted by Crippen LogP contribution is 2.17. The molecule has 1 saturated heterocycles. The number of ether oxygens (including phenoxy) is 1. The average molecular weight is 216 g/mol. The number of carbonyl (C=O) groups is 1. The number of carbonyl (C=O) groups excluding carboxylic acids is 1. The molecule has 5 nitrogen and oxygen atoms in total. The minimum absolute atomic E-state index is 0.0670. The number of hydrogen-bond donors (Lipinski definition) is 3. The lowest BCUT2D eigenvalue weighted by molar-refractivity contribution is -0.129. The van der Waals surface area contributed by atoms with Crippen molar-refractivity contribution in [2.75, 3.05) is 26.4 Å². The number of amides is 1. The molecule has 1 fully saturated rings. The molecular formula is C10H20N2O3. The summed E-state index contributed by atoms with van der Waals surface area (Å²) in [7, 11) is 0. The van der Waals surface area contributed by atoms with Gasteiger partial charge in [-0.1, -0.05) is 6.92 Å². The van der Waals surface area contributed by atoms with Gasteiger partial charge in [0, 0.05) is 26.4 Å². The van der Waals surface area contributed by atoms with E-state index in [0.717, 1.165) is 0 Å². The average Bonchev–Trinajstić information content (AvgIpc) is 2.26. The lowest BCUT2D eigenvalue weighted by Gasteiger charge is -2.32. The van der Waals surface area contributed by atoms with E-state index in [1.54, 1.807) is 0 Å². The topological polar surface area (TPSA) is 84.6 Å². The third-order valence-corrected chi connectivity index (χ3v) is 2.76. The van der Waals surface area contributed by atoms with E-state index in [9.17, 15) is 4.79 Å². The van der Waals surface area contributed by atoms with E-state index in [-0.39, 0.29) is 18.4 Å². The normalized spacial score (nSPS) is 22.1. The first kappa shape index (κ1) is 12.4. The van der Waals surface area contributed by atoms with Crippen LogP contribution in [0.15, 0.2) is 0 Å². The minimum Gasteiger partial charge on any atom is -0.396 e. The molecule has 1 amide bonds. The molecule has 88 valence electrons. The molecule has 0 aromatic carbocycles. The van der Waals surface area contributed by atoms with Gasteiger partial charge in [0.15, 0.2) is 0 Å². The van der Waals surface area contributed by atoms with E-state index < -0.39 is 5.54 Å². The van der Waals surface area contributed by atoms with Crippen molar-refractivity contribution in [1.29, 1.82) is 0 Å². The summed E-state index contributed by atoms with van der Waals surface area (Å²) in [4.78, 5) is 11.8. The Hall–Kier alpha value is -0.650. The van der Waals surface area contributed by atoms with Crippen LogP contribution in [0, 0.1) is 5.92 Å². The standard InChI is InChI=1S/C10H20N2O3/c1-8(7-13)6-12-9(14)10(11)2-4-15-5-3-10/h8,13H,2-7,11H2,1H3,(H,12,14). The molecule has 0 bridgehead atoms. The fraction of sp³-hybridized carbons (Fsp3) is 0.900. The van der Waals surface area contributed by atoms with Gasteiger partial charge >= 0.3 is 0 Å². The molecule has 0 saturated carbocycles. The second kappa shape index (κ2) is 5.44. The molecular weight excluding hydrogens is 196 g/mol. The predicted octanol–water partition coefficient (Wildman–Crippen LogP) is -0.761. The number of nitrogens with two attached hydrogens (primary N) is 1. The first-order valence-electron chi connectivity index (χ1n) is 5.34. The lowest BCUT2D eigenvalue weighted by Crippen LogP contribution is -2.57. The van der Waals surface area contributed by atoms with Crippen LogP contribution in [-0.2, 0) is 9.53 Å². The highest BCUT2D eigenvalue weighted by molar-refractivity contribution is 5.86. The number of aliphatic hydroxyl groups excluding tert-OH is 1. The largest absolute Gasteiger partial charge is 0.396 e. The van der Waals surface area contributed by atoms with Crippen molar-refractivity contribution in [3.63, 3.8) is 0 Å². The molecule has 1 aliphatic rings. The molecule has 0 aromatic rings. The van der Waals surface area contributed by atoms with Gasteiger partial charge in [-0.2, -0.15) is 0 Å². The Bertz CT molecular complexity index is 215. The van der Waals surface area contributed by atoms with Crippen LogP contribution in [-0.4, -0.2) is 42.9 Å². The summed E-state index contributed by atoms with van der Waals surface area (Å²) in [6, 6.07) is 0. The van der Waals surface area contributed by atoms with Crippen LogP contribution in [0.25, 0.3) is 0 Å². The van der Waals surface area contributed by atoms with Crippen molar-refractivity contribution in [1.82, 2.24) is 5.32 Å². The Kier molecular flexibility index (Phi) is 4.50. The van der Waals surface area contributed by atoms with E-state index in [2.05, 4.69) is 5.32 Å². The van der Waals surface area contributed by atoms with Crippen LogP contribution < -0.4 is 11.1 Å². The smallest absolute Gasteiger partial charge is 0.240 e. The van der Waals surface area contributed by atoms with Gasteiger partial charge in [0.1, 0.15) is 0 Å². The van der Waals surface area contributed by atoms with E-state index in [4.69, 9.17) is 15.6 Å². The zero-order chi connectivity index (χ0) is 11.3. The summed E-state index contributed by atoms with van der Waals surface area (Å²) >= 11 is 0. The molecule has 0 spiro atoms. The molecule has 1 aliphatic heterocycles. The van der Waals surface area contributed by atoms with Gasteiger partial charge in [-0.25, -0.2) is 0 Å². The fourth-order valence-electron chi connectivity index (χ4n) is 1.47. The van der Waals surface area contributed by atoms with Crippen molar-refractivity contribution < 1.29 is 14.6 Å². The second-order valence-corrected chi connectivity index (χ2v) is 4.27. The number of rotatable bonds is 4. The van der Waals surface area contributed by atoms with E-state index in [1.165, 1.54) is 0 Å². The molecule has 1 heterocycles. The Morgan fingerprint density at radius 2 is 2.20 bits per heavy atom. The molecule has 0 radical (unpaired) electrons. The van der Waals surface area contributed by atoms with Gasteiger partial charge in [-0.3, -0.25) is 4.79 Å². The van der Waals surface area contributed by atoms with Gasteiger partial charge in [0.2, 0.25) is 5.91 Å². The first-order chi connectivity index (χ1) is 7.08. The molecule has 15 heavy (non-hydrogen) atoms. The minimum atomic E-state index is -0.784. The van der Waals surface area contributed by atoms with Crippen molar-refractivity contribution in [2.24, 2.45) is 11.7 Å². The number of hydrogen-bond acceptors (Lipinski definition) is 4. The van der Waals surface area contributed by atoms with Crippen LogP contribution in [0.3, 0.4) is 0 Å². The Balaban J connectivity index is 2.37. The van der Waals surface area contributed by atoms with Crippen molar-refractivity contribution >= 4 is 5.91 Å². The summed E-state index contributed by atoms with van der Waals surface area (Å²) in [5.74, 6) is -0.0662. The van der Waals surface area contributed by atoms with Crippen LogP contribution in [0.2, 0.25) is 0 Å². The molecule has 1 rings (SSSR count). The Labute approximate surface area is 90.0 Å². The number of aliphatic hydroxyl groups is 1. The van der Waals surface area contributed by atoms with Gasteiger partial charge in [0.05, 0.1) is 5.54 Å². The first-order valence-corrected chi connectivity index (χ1v) is 5.34. The van der Waals surface area contributed by atoms with Crippen molar-refractivity contribution in [2.45, 2.75) is 25.3 Å². The third-order valence-electron chi connectivity index (χ3n) is 2.76. The van der Waals surface area contributed by atoms with E-state index in [0.29, 0.717) is 32.6 Å². The van der Waals surface area contributed by atoms with E-state index >= 15 is 0 Å². The van der Waals surface area contributed by atoms with E-state index in [1.807, 2.05) is 6.92 Å². The van der Waals surface area contributed by atoms with Crippen molar-refractivity contribution in [3.8, 4) is 0 Å². The molecule has 1 unspecified atom stereocenters. The van der Waals surface area contributed by atoms with Gasteiger partial charge < -0.3 is 20.9 Å². The highest BCUT2D eigenvalue weighted by atomic mass is 16.5. The quantitative estimate of drug-likeness (QED) is 0.576. The van der Waals surface area contributed by atoms with Crippen LogP contribution in [0.1, 0.15) is 19.8 Å². The molecule has 0 aliphatic carbocycles.